The van der Waals surface area contributed by atoms with E-state index in [1.54, 1.807) is 11.7 Å². The summed E-state index contributed by atoms with van der Waals surface area (Å²) in [4.78, 5) is 17.6. The molecule has 9 nitrogen and oxygen atoms in total. The lowest BCUT2D eigenvalue weighted by Gasteiger charge is -2.21. The van der Waals surface area contributed by atoms with Gasteiger partial charge in [0.15, 0.2) is 17.2 Å². The monoisotopic (exact) mass is 356 g/mol. The second-order valence-corrected chi connectivity index (χ2v) is 8.10. The Morgan fingerprint density at radius 2 is 1.96 bits per heavy atom. The van der Waals surface area contributed by atoms with Crippen LogP contribution < -0.4 is 4.90 Å². The lowest BCUT2D eigenvalue weighted by molar-refractivity contribution is 0.355. The molecule has 0 radical (unpaired) electrons. The number of fused-ring (bicyclic) bond motifs is 1. The van der Waals surface area contributed by atoms with E-state index in [1.807, 2.05) is 0 Å². The van der Waals surface area contributed by atoms with Gasteiger partial charge in [0.05, 0.1) is 0 Å². The van der Waals surface area contributed by atoms with Crippen LogP contribution in [0.5, 0.6) is 0 Å². The van der Waals surface area contributed by atoms with Crippen LogP contribution in [0.1, 0.15) is 51.7 Å². The zero-order chi connectivity index (χ0) is 18.5. The van der Waals surface area contributed by atoms with E-state index in [1.165, 1.54) is 0 Å². The SMILES string of the molecule is Cc1noc(Cn2nc3nc(C(C)(C)C)nc(N4CCC(C)C4)c3n2)n1. The zero-order valence-electron chi connectivity index (χ0n) is 15.9. The average molecular weight is 356 g/mol. The lowest BCUT2D eigenvalue weighted by atomic mass is 9.96. The van der Waals surface area contributed by atoms with Gasteiger partial charge < -0.3 is 9.42 Å². The molecule has 138 valence electrons. The molecule has 0 aliphatic carbocycles. The fourth-order valence-electron chi connectivity index (χ4n) is 3.12. The van der Waals surface area contributed by atoms with Crippen LogP contribution in [-0.4, -0.2) is 48.2 Å². The predicted octanol–water partition coefficient (Wildman–Crippen LogP) is 2.10. The van der Waals surface area contributed by atoms with Crippen molar-refractivity contribution in [2.45, 2.75) is 53.0 Å². The van der Waals surface area contributed by atoms with E-state index >= 15 is 0 Å². The van der Waals surface area contributed by atoms with Crippen molar-refractivity contribution in [1.29, 1.82) is 0 Å². The van der Waals surface area contributed by atoms with Crippen molar-refractivity contribution in [2.24, 2.45) is 5.92 Å². The van der Waals surface area contributed by atoms with Gasteiger partial charge in [-0.1, -0.05) is 32.9 Å². The van der Waals surface area contributed by atoms with Gasteiger partial charge in [0.1, 0.15) is 12.4 Å². The minimum absolute atomic E-state index is 0.165. The summed E-state index contributed by atoms with van der Waals surface area (Å²) in [7, 11) is 0. The molecule has 1 aliphatic rings. The molecule has 0 aromatic carbocycles. The molecule has 1 aliphatic heterocycles. The molecule has 1 saturated heterocycles. The molecule has 0 spiro atoms. The summed E-state index contributed by atoms with van der Waals surface area (Å²) in [5.41, 5.74) is 1.17. The smallest absolute Gasteiger partial charge is 0.250 e. The van der Waals surface area contributed by atoms with Crippen molar-refractivity contribution in [1.82, 2.24) is 35.1 Å². The maximum absolute atomic E-state index is 5.18. The Balaban J connectivity index is 1.78. The Labute approximate surface area is 151 Å². The maximum atomic E-state index is 5.18. The molecule has 0 saturated carbocycles. The van der Waals surface area contributed by atoms with E-state index in [4.69, 9.17) is 9.51 Å². The molecule has 1 fully saturated rings. The zero-order valence-corrected chi connectivity index (χ0v) is 15.9. The van der Waals surface area contributed by atoms with Crippen LogP contribution in [0.25, 0.3) is 11.2 Å². The molecule has 9 heteroatoms. The van der Waals surface area contributed by atoms with Gasteiger partial charge in [-0.2, -0.15) is 9.78 Å². The Morgan fingerprint density at radius 1 is 1.15 bits per heavy atom. The number of aryl methyl sites for hydroxylation is 1. The number of hydrogen-bond donors (Lipinski definition) is 0. The lowest BCUT2D eigenvalue weighted by Crippen LogP contribution is -2.24. The molecular formula is C17H24N8O. The van der Waals surface area contributed by atoms with E-state index in [2.05, 4.69) is 57.9 Å². The van der Waals surface area contributed by atoms with E-state index < -0.39 is 0 Å². The van der Waals surface area contributed by atoms with Crippen LogP contribution in [0, 0.1) is 12.8 Å². The third-order valence-electron chi connectivity index (χ3n) is 4.51. The molecule has 0 amide bonds. The van der Waals surface area contributed by atoms with Crippen LogP contribution in [0.3, 0.4) is 0 Å². The quantitative estimate of drug-likeness (QED) is 0.703. The van der Waals surface area contributed by atoms with Gasteiger partial charge in [0, 0.05) is 18.5 Å². The number of rotatable bonds is 3. The predicted molar refractivity (Wildman–Crippen MR) is 95.9 cm³/mol. The first-order valence-corrected chi connectivity index (χ1v) is 8.97. The standard InChI is InChI=1S/C17H24N8O/c1-10-6-7-24(8-10)15-13-14(19-16(20-15)17(3,4)5)22-25(21-13)9-12-18-11(2)23-26-12/h10H,6-9H2,1-5H3. The van der Waals surface area contributed by atoms with Crippen molar-refractivity contribution >= 4 is 17.0 Å². The van der Waals surface area contributed by atoms with Gasteiger partial charge in [-0.15, -0.1) is 10.2 Å². The van der Waals surface area contributed by atoms with Gasteiger partial charge in [-0.3, -0.25) is 0 Å². The summed E-state index contributed by atoms with van der Waals surface area (Å²) < 4.78 is 5.18. The third kappa shape index (κ3) is 3.13. The number of nitrogens with zero attached hydrogens (tertiary/aromatic N) is 8. The highest BCUT2D eigenvalue weighted by molar-refractivity contribution is 5.82. The summed E-state index contributed by atoms with van der Waals surface area (Å²) in [6.07, 6.45) is 1.16. The second kappa shape index (κ2) is 6.00. The molecular weight excluding hydrogens is 332 g/mol. The minimum atomic E-state index is -0.165. The van der Waals surface area contributed by atoms with E-state index in [-0.39, 0.29) is 5.41 Å². The number of anilines is 1. The molecule has 1 atom stereocenters. The van der Waals surface area contributed by atoms with E-state index in [9.17, 15) is 0 Å². The Hall–Kier alpha value is -2.58. The highest BCUT2D eigenvalue weighted by Crippen LogP contribution is 2.29. The molecule has 4 heterocycles. The molecule has 3 aromatic rings. The fourth-order valence-corrected chi connectivity index (χ4v) is 3.12. The van der Waals surface area contributed by atoms with Gasteiger partial charge in [0.25, 0.3) is 0 Å². The van der Waals surface area contributed by atoms with Gasteiger partial charge in [0.2, 0.25) is 11.5 Å². The average Bonchev–Trinajstić information content (AvgIpc) is 3.25. The van der Waals surface area contributed by atoms with E-state index in [0.29, 0.717) is 29.8 Å². The fraction of sp³-hybridized carbons (Fsp3) is 0.647. The highest BCUT2D eigenvalue weighted by Gasteiger charge is 2.28. The molecule has 0 bridgehead atoms. The Bertz CT molecular complexity index is 938. The van der Waals surface area contributed by atoms with E-state index in [0.717, 1.165) is 36.7 Å². The van der Waals surface area contributed by atoms with Crippen molar-refractivity contribution in [2.75, 3.05) is 18.0 Å². The van der Waals surface area contributed by atoms with Gasteiger partial charge in [-0.25, -0.2) is 9.97 Å². The van der Waals surface area contributed by atoms with Crippen molar-refractivity contribution in [3.8, 4) is 0 Å². The number of aromatic nitrogens is 7. The molecule has 26 heavy (non-hydrogen) atoms. The molecule has 1 unspecified atom stereocenters. The summed E-state index contributed by atoms with van der Waals surface area (Å²) in [5.74, 6) is 3.37. The summed E-state index contributed by atoms with van der Waals surface area (Å²) >= 11 is 0. The summed E-state index contributed by atoms with van der Waals surface area (Å²) in [5, 5.41) is 13.0. The van der Waals surface area contributed by atoms with Crippen LogP contribution in [0.2, 0.25) is 0 Å². The van der Waals surface area contributed by atoms with Crippen molar-refractivity contribution in [3.05, 3.63) is 17.5 Å². The number of hydrogen-bond acceptors (Lipinski definition) is 8. The normalized spacial score (nSPS) is 18.2. The molecule has 3 aromatic heterocycles. The van der Waals surface area contributed by atoms with Gasteiger partial charge in [-0.05, 0) is 19.3 Å². The van der Waals surface area contributed by atoms with Gasteiger partial charge >= 0.3 is 0 Å². The van der Waals surface area contributed by atoms with Crippen LogP contribution >= 0.6 is 0 Å². The molecule has 0 N–H and O–H groups in total. The van der Waals surface area contributed by atoms with Crippen LogP contribution in [-0.2, 0) is 12.0 Å². The third-order valence-corrected chi connectivity index (χ3v) is 4.51. The highest BCUT2D eigenvalue weighted by atomic mass is 16.5. The summed E-state index contributed by atoms with van der Waals surface area (Å²) in [6.45, 7) is 12.6. The van der Waals surface area contributed by atoms with Crippen molar-refractivity contribution < 1.29 is 4.52 Å². The molecule has 4 rings (SSSR count). The first kappa shape index (κ1) is 16.9. The second-order valence-electron chi connectivity index (χ2n) is 8.10. The van der Waals surface area contributed by atoms with Crippen LogP contribution in [0.15, 0.2) is 4.52 Å². The Kier molecular flexibility index (Phi) is 3.89. The topological polar surface area (TPSA) is 98.6 Å². The minimum Gasteiger partial charge on any atom is -0.354 e. The largest absolute Gasteiger partial charge is 0.354 e. The first-order valence-electron chi connectivity index (χ1n) is 8.97. The van der Waals surface area contributed by atoms with Crippen LogP contribution in [0.4, 0.5) is 5.82 Å². The Morgan fingerprint density at radius 3 is 2.58 bits per heavy atom. The summed E-state index contributed by atoms with van der Waals surface area (Å²) in [6, 6.07) is 0. The maximum Gasteiger partial charge on any atom is 0.250 e. The van der Waals surface area contributed by atoms with Crippen molar-refractivity contribution in [3.63, 3.8) is 0 Å². The first-order chi connectivity index (χ1) is 12.3.